The maximum Gasteiger partial charge on any atom is 0.349 e. The number of anilines is 1. The zero-order chi connectivity index (χ0) is 21.7. The predicted molar refractivity (Wildman–Crippen MR) is 116 cm³/mol. The molecule has 1 aromatic heterocycles. The van der Waals surface area contributed by atoms with Crippen LogP contribution in [0.25, 0.3) is 11.0 Å². The Balaban J connectivity index is 1.86. The first-order valence-electron chi connectivity index (χ1n) is 9.87. The molecule has 30 heavy (non-hydrogen) atoms. The average molecular weight is 410 g/mol. The van der Waals surface area contributed by atoms with Gasteiger partial charge in [0.15, 0.2) is 0 Å². The van der Waals surface area contributed by atoms with Crippen LogP contribution in [0.5, 0.6) is 5.75 Å². The molecule has 1 unspecified atom stereocenters. The molecule has 158 valence electrons. The Bertz CT molecular complexity index is 1090. The van der Waals surface area contributed by atoms with Gasteiger partial charge in [-0.05, 0) is 48.7 Å². The van der Waals surface area contributed by atoms with Crippen molar-refractivity contribution in [2.45, 2.75) is 32.2 Å². The molecule has 0 aliphatic carbocycles. The Kier molecular flexibility index (Phi) is 6.87. The fraction of sp³-hybridized carbons (Fsp3) is 0.304. The molecule has 1 atom stereocenters. The van der Waals surface area contributed by atoms with E-state index in [1.807, 2.05) is 25.1 Å². The van der Waals surface area contributed by atoms with Gasteiger partial charge in [-0.15, -0.1) is 0 Å². The summed E-state index contributed by atoms with van der Waals surface area (Å²) in [6, 6.07) is 11.9. The SMILES string of the molecule is CCCc1c(OC)ccc2cc(C(=O)Nc3ccc(CC(N)CO)cc3)c(=O)oc12. The number of hydrogen-bond acceptors (Lipinski definition) is 6. The van der Waals surface area contributed by atoms with Crippen molar-refractivity contribution in [3.8, 4) is 5.75 Å². The molecule has 0 aliphatic rings. The number of fused-ring (bicyclic) bond motifs is 1. The molecule has 1 heterocycles. The standard InChI is InChI=1S/C23H26N2O5/c1-3-4-18-20(29-2)10-7-15-12-19(23(28)30-21(15)18)22(27)25-17-8-5-14(6-9-17)11-16(24)13-26/h5-10,12,16,26H,3-4,11,13,24H2,1-2H3,(H,25,27). The van der Waals surface area contributed by atoms with Crippen LogP contribution >= 0.6 is 0 Å². The second-order valence-electron chi connectivity index (χ2n) is 7.16. The summed E-state index contributed by atoms with van der Waals surface area (Å²) < 4.78 is 10.9. The molecule has 1 amide bonds. The highest BCUT2D eigenvalue weighted by atomic mass is 16.5. The Hall–Kier alpha value is -3.16. The van der Waals surface area contributed by atoms with Gasteiger partial charge >= 0.3 is 5.63 Å². The number of benzene rings is 2. The lowest BCUT2D eigenvalue weighted by molar-refractivity contribution is 0.102. The van der Waals surface area contributed by atoms with Crippen LogP contribution in [0, 0.1) is 0 Å². The summed E-state index contributed by atoms with van der Waals surface area (Å²) in [6.45, 7) is 1.93. The lowest BCUT2D eigenvalue weighted by Crippen LogP contribution is -2.26. The number of nitrogens with two attached hydrogens (primary N) is 1. The maximum atomic E-state index is 12.7. The monoisotopic (exact) mass is 410 g/mol. The van der Waals surface area contributed by atoms with Gasteiger partial charge in [0.05, 0.1) is 13.7 Å². The number of carbonyl (C=O) groups is 1. The highest BCUT2D eigenvalue weighted by Gasteiger charge is 2.17. The van der Waals surface area contributed by atoms with E-state index in [0.29, 0.717) is 35.2 Å². The van der Waals surface area contributed by atoms with Crippen LogP contribution in [-0.2, 0) is 12.8 Å². The molecular formula is C23H26N2O5. The molecule has 0 spiro atoms. The molecule has 7 heteroatoms. The third-order valence-electron chi connectivity index (χ3n) is 4.87. The predicted octanol–water partition coefficient (Wildman–Crippen LogP) is 2.87. The van der Waals surface area contributed by atoms with Crippen LogP contribution in [0.2, 0.25) is 0 Å². The molecule has 3 aromatic rings. The second kappa shape index (κ2) is 9.56. The van der Waals surface area contributed by atoms with Crippen LogP contribution in [0.15, 0.2) is 51.7 Å². The van der Waals surface area contributed by atoms with Crippen LogP contribution in [0.1, 0.15) is 34.8 Å². The molecule has 3 rings (SSSR count). The summed E-state index contributed by atoms with van der Waals surface area (Å²) in [6.07, 6.45) is 2.09. The topological polar surface area (TPSA) is 115 Å². The minimum atomic E-state index is -0.698. The van der Waals surface area contributed by atoms with Crippen LogP contribution in [-0.4, -0.2) is 30.8 Å². The van der Waals surface area contributed by atoms with Gasteiger partial charge in [-0.3, -0.25) is 4.79 Å². The zero-order valence-corrected chi connectivity index (χ0v) is 17.1. The number of methoxy groups -OCH3 is 1. The molecule has 0 radical (unpaired) electrons. The first-order valence-corrected chi connectivity index (χ1v) is 9.87. The van der Waals surface area contributed by atoms with Crippen molar-refractivity contribution < 1.29 is 19.1 Å². The van der Waals surface area contributed by atoms with E-state index in [0.717, 1.165) is 17.5 Å². The van der Waals surface area contributed by atoms with Gasteiger partial charge < -0.3 is 25.3 Å². The summed E-state index contributed by atoms with van der Waals surface area (Å²) >= 11 is 0. The number of carbonyl (C=O) groups excluding carboxylic acids is 1. The molecule has 2 aromatic carbocycles. The van der Waals surface area contributed by atoms with Gasteiger partial charge in [-0.25, -0.2) is 4.79 Å². The highest BCUT2D eigenvalue weighted by molar-refractivity contribution is 6.05. The van der Waals surface area contributed by atoms with Crippen molar-refractivity contribution in [3.63, 3.8) is 0 Å². The molecule has 0 saturated heterocycles. The first-order chi connectivity index (χ1) is 14.5. The molecule has 0 saturated carbocycles. The molecular weight excluding hydrogens is 384 g/mol. The van der Waals surface area contributed by atoms with Crippen LogP contribution < -0.4 is 21.4 Å². The largest absolute Gasteiger partial charge is 0.496 e. The Morgan fingerprint density at radius 1 is 1.23 bits per heavy atom. The summed E-state index contributed by atoms with van der Waals surface area (Å²) in [5, 5.41) is 12.4. The molecule has 0 aliphatic heterocycles. The lowest BCUT2D eigenvalue weighted by atomic mass is 10.0. The van der Waals surface area contributed by atoms with Crippen LogP contribution in [0.3, 0.4) is 0 Å². The van der Waals surface area contributed by atoms with Crippen molar-refractivity contribution in [1.29, 1.82) is 0 Å². The van der Waals surface area contributed by atoms with E-state index in [1.165, 1.54) is 0 Å². The summed E-state index contributed by atoms with van der Waals surface area (Å²) in [5.74, 6) is 0.115. The van der Waals surface area contributed by atoms with Gasteiger partial charge in [-0.2, -0.15) is 0 Å². The van der Waals surface area contributed by atoms with E-state index in [-0.39, 0.29) is 18.2 Å². The van der Waals surface area contributed by atoms with Gasteiger partial charge in [0, 0.05) is 22.7 Å². The van der Waals surface area contributed by atoms with Gasteiger partial charge in [0.25, 0.3) is 5.91 Å². The van der Waals surface area contributed by atoms with E-state index in [9.17, 15) is 9.59 Å². The number of ether oxygens (including phenoxy) is 1. The number of nitrogens with one attached hydrogen (secondary N) is 1. The van der Waals surface area contributed by atoms with E-state index >= 15 is 0 Å². The number of aryl methyl sites for hydroxylation is 1. The summed E-state index contributed by atoms with van der Waals surface area (Å²) in [5.41, 5.74) is 7.72. The smallest absolute Gasteiger partial charge is 0.349 e. The highest BCUT2D eigenvalue weighted by Crippen LogP contribution is 2.29. The average Bonchev–Trinajstić information content (AvgIpc) is 2.75. The summed E-state index contributed by atoms with van der Waals surface area (Å²) in [7, 11) is 1.57. The van der Waals surface area contributed by atoms with E-state index in [4.69, 9.17) is 20.0 Å². The number of aliphatic hydroxyl groups excluding tert-OH is 1. The molecule has 0 fully saturated rings. The van der Waals surface area contributed by atoms with Crippen LogP contribution in [0.4, 0.5) is 5.69 Å². The lowest BCUT2D eigenvalue weighted by Gasteiger charge is -2.11. The fourth-order valence-electron chi connectivity index (χ4n) is 3.35. The van der Waals surface area contributed by atoms with Crippen molar-refractivity contribution in [2.75, 3.05) is 19.0 Å². The van der Waals surface area contributed by atoms with Gasteiger partial charge in [0.2, 0.25) is 0 Å². The molecule has 4 N–H and O–H groups in total. The second-order valence-corrected chi connectivity index (χ2v) is 7.16. The third kappa shape index (κ3) is 4.69. The van der Waals surface area contributed by atoms with Gasteiger partial charge in [0.1, 0.15) is 16.9 Å². The van der Waals surface area contributed by atoms with E-state index in [2.05, 4.69) is 5.32 Å². The molecule has 7 nitrogen and oxygen atoms in total. The van der Waals surface area contributed by atoms with Crippen molar-refractivity contribution in [2.24, 2.45) is 5.73 Å². The first kappa shape index (κ1) is 21.5. The Morgan fingerprint density at radius 2 is 1.97 bits per heavy atom. The fourth-order valence-corrected chi connectivity index (χ4v) is 3.35. The number of hydrogen-bond donors (Lipinski definition) is 3. The minimum absolute atomic E-state index is 0.0681. The summed E-state index contributed by atoms with van der Waals surface area (Å²) in [4.78, 5) is 25.2. The quantitative estimate of drug-likeness (QED) is 0.492. The number of rotatable bonds is 8. The van der Waals surface area contributed by atoms with Gasteiger partial charge in [-0.1, -0.05) is 25.5 Å². The Morgan fingerprint density at radius 3 is 2.60 bits per heavy atom. The van der Waals surface area contributed by atoms with Crippen molar-refractivity contribution in [1.82, 2.24) is 0 Å². The van der Waals surface area contributed by atoms with Crippen molar-refractivity contribution in [3.05, 3.63) is 69.6 Å². The van der Waals surface area contributed by atoms with Crippen molar-refractivity contribution >= 4 is 22.6 Å². The third-order valence-corrected chi connectivity index (χ3v) is 4.87. The van der Waals surface area contributed by atoms with E-state index in [1.54, 1.807) is 31.4 Å². The number of aliphatic hydroxyl groups is 1. The normalized spacial score (nSPS) is 12.0. The zero-order valence-electron chi connectivity index (χ0n) is 17.1. The molecule has 0 bridgehead atoms. The van der Waals surface area contributed by atoms with E-state index < -0.39 is 11.5 Å². The minimum Gasteiger partial charge on any atom is -0.496 e. The Labute approximate surface area is 174 Å². The maximum absolute atomic E-state index is 12.7. The number of amides is 1.